The first-order valence-corrected chi connectivity index (χ1v) is 5.69. The van der Waals surface area contributed by atoms with Crippen molar-refractivity contribution in [1.29, 1.82) is 0 Å². The summed E-state index contributed by atoms with van der Waals surface area (Å²) in [5.41, 5.74) is 0.935. The molecule has 1 N–H and O–H groups in total. The summed E-state index contributed by atoms with van der Waals surface area (Å²) in [4.78, 5) is 12.0. The first kappa shape index (κ1) is 11.7. The number of aromatic nitrogens is 2. The summed E-state index contributed by atoms with van der Waals surface area (Å²) in [5.74, 6) is 0. The lowest BCUT2D eigenvalue weighted by atomic mass is 10.3. The molecular weight excluding hydrogens is 238 g/mol. The zero-order valence-corrected chi connectivity index (χ0v) is 10.1. The standard InChI is InChI=1S/C12H12ClN3O/c1-2-14-10-8-15-16(12(17)11(10)13)9-6-4-3-5-7-9/h3-8,14H,2H2,1H3. The van der Waals surface area contributed by atoms with E-state index in [0.717, 1.165) is 0 Å². The highest BCUT2D eigenvalue weighted by molar-refractivity contribution is 6.32. The van der Waals surface area contributed by atoms with Gasteiger partial charge in [0.25, 0.3) is 5.56 Å². The van der Waals surface area contributed by atoms with Gasteiger partial charge >= 0.3 is 0 Å². The van der Waals surface area contributed by atoms with Gasteiger partial charge in [0, 0.05) is 6.54 Å². The Hall–Kier alpha value is -1.81. The van der Waals surface area contributed by atoms with Gasteiger partial charge in [-0.3, -0.25) is 4.79 Å². The van der Waals surface area contributed by atoms with E-state index in [9.17, 15) is 4.79 Å². The van der Waals surface area contributed by atoms with Crippen molar-refractivity contribution in [2.75, 3.05) is 11.9 Å². The van der Waals surface area contributed by atoms with E-state index < -0.39 is 0 Å². The van der Waals surface area contributed by atoms with Crippen molar-refractivity contribution in [1.82, 2.24) is 9.78 Å². The van der Waals surface area contributed by atoms with Crippen LogP contribution in [0.25, 0.3) is 5.69 Å². The Kier molecular flexibility index (Phi) is 3.44. The lowest BCUT2D eigenvalue weighted by Gasteiger charge is -2.08. The quantitative estimate of drug-likeness (QED) is 0.908. The molecule has 2 aromatic rings. The van der Waals surface area contributed by atoms with Crippen LogP contribution in [0.3, 0.4) is 0 Å². The second-order valence-corrected chi connectivity index (χ2v) is 3.83. The van der Waals surface area contributed by atoms with E-state index in [1.165, 1.54) is 4.68 Å². The van der Waals surface area contributed by atoms with E-state index in [-0.39, 0.29) is 10.6 Å². The van der Waals surface area contributed by atoms with Crippen LogP contribution in [0.1, 0.15) is 6.92 Å². The Labute approximate surface area is 104 Å². The lowest BCUT2D eigenvalue weighted by molar-refractivity contribution is 0.807. The maximum absolute atomic E-state index is 12.0. The highest BCUT2D eigenvalue weighted by Gasteiger charge is 2.09. The third-order valence-electron chi connectivity index (χ3n) is 2.29. The van der Waals surface area contributed by atoms with Gasteiger partial charge in [-0.25, -0.2) is 0 Å². The Morgan fingerprint density at radius 2 is 2.06 bits per heavy atom. The highest BCUT2D eigenvalue weighted by Crippen LogP contribution is 2.15. The number of rotatable bonds is 3. The van der Waals surface area contributed by atoms with Crippen LogP contribution in [0.15, 0.2) is 41.3 Å². The first-order chi connectivity index (χ1) is 8.24. The van der Waals surface area contributed by atoms with Crippen LogP contribution < -0.4 is 10.9 Å². The molecule has 0 saturated carbocycles. The number of para-hydroxylation sites is 1. The van der Waals surface area contributed by atoms with E-state index in [0.29, 0.717) is 17.9 Å². The second-order valence-electron chi connectivity index (χ2n) is 3.46. The predicted molar refractivity (Wildman–Crippen MR) is 69.0 cm³/mol. The number of hydrogen-bond donors (Lipinski definition) is 1. The smallest absolute Gasteiger partial charge is 0.292 e. The summed E-state index contributed by atoms with van der Waals surface area (Å²) in [6, 6.07) is 9.17. The molecule has 0 spiro atoms. The molecule has 88 valence electrons. The van der Waals surface area contributed by atoms with Gasteiger partial charge in [0.1, 0.15) is 5.02 Å². The van der Waals surface area contributed by atoms with E-state index in [4.69, 9.17) is 11.6 Å². The highest BCUT2D eigenvalue weighted by atomic mass is 35.5. The number of halogens is 1. The molecule has 0 atom stereocenters. The van der Waals surface area contributed by atoms with Gasteiger partial charge in [0.2, 0.25) is 0 Å². The molecule has 17 heavy (non-hydrogen) atoms. The van der Waals surface area contributed by atoms with Crippen LogP contribution in [0.5, 0.6) is 0 Å². The third kappa shape index (κ3) is 2.31. The second kappa shape index (κ2) is 5.01. The van der Waals surface area contributed by atoms with Crippen molar-refractivity contribution in [2.45, 2.75) is 6.92 Å². The molecule has 2 rings (SSSR count). The topological polar surface area (TPSA) is 46.9 Å². The SMILES string of the molecule is CCNc1cnn(-c2ccccc2)c(=O)c1Cl. The summed E-state index contributed by atoms with van der Waals surface area (Å²) in [5, 5.41) is 7.23. The largest absolute Gasteiger partial charge is 0.383 e. The van der Waals surface area contributed by atoms with Crippen molar-refractivity contribution in [3.63, 3.8) is 0 Å². The van der Waals surface area contributed by atoms with Crippen LogP contribution in [0.4, 0.5) is 5.69 Å². The maximum atomic E-state index is 12.0. The molecule has 0 amide bonds. The molecule has 0 bridgehead atoms. The van der Waals surface area contributed by atoms with Crippen LogP contribution in [0, 0.1) is 0 Å². The van der Waals surface area contributed by atoms with E-state index in [1.807, 2.05) is 25.1 Å². The normalized spacial score (nSPS) is 10.2. The lowest BCUT2D eigenvalue weighted by Crippen LogP contribution is -2.22. The van der Waals surface area contributed by atoms with E-state index in [1.54, 1.807) is 18.3 Å². The van der Waals surface area contributed by atoms with Gasteiger partial charge in [-0.05, 0) is 19.1 Å². The Balaban J connectivity index is 2.52. The minimum Gasteiger partial charge on any atom is -0.383 e. The summed E-state index contributed by atoms with van der Waals surface area (Å²) in [7, 11) is 0. The minimum atomic E-state index is -0.323. The van der Waals surface area contributed by atoms with Gasteiger partial charge in [-0.15, -0.1) is 0 Å². The summed E-state index contributed by atoms with van der Waals surface area (Å²) in [6.07, 6.45) is 1.56. The van der Waals surface area contributed by atoms with Crippen molar-refractivity contribution in [3.05, 3.63) is 51.9 Å². The van der Waals surface area contributed by atoms with E-state index >= 15 is 0 Å². The summed E-state index contributed by atoms with van der Waals surface area (Å²) >= 11 is 5.99. The summed E-state index contributed by atoms with van der Waals surface area (Å²) < 4.78 is 1.28. The Morgan fingerprint density at radius 3 is 2.71 bits per heavy atom. The summed E-state index contributed by atoms with van der Waals surface area (Å²) in [6.45, 7) is 2.62. The van der Waals surface area contributed by atoms with Gasteiger partial charge in [0.15, 0.2) is 0 Å². The fourth-order valence-electron chi connectivity index (χ4n) is 1.50. The van der Waals surface area contributed by atoms with Crippen LogP contribution in [-0.2, 0) is 0 Å². The molecule has 1 heterocycles. The van der Waals surface area contributed by atoms with E-state index in [2.05, 4.69) is 10.4 Å². The molecule has 0 fully saturated rings. The fraction of sp³-hybridized carbons (Fsp3) is 0.167. The first-order valence-electron chi connectivity index (χ1n) is 5.31. The van der Waals surface area contributed by atoms with Gasteiger partial charge in [-0.2, -0.15) is 9.78 Å². The number of nitrogens with zero attached hydrogens (tertiary/aromatic N) is 2. The number of benzene rings is 1. The van der Waals surface area contributed by atoms with Gasteiger partial charge in [0.05, 0.1) is 17.6 Å². The maximum Gasteiger partial charge on any atom is 0.292 e. The molecule has 0 radical (unpaired) electrons. The third-order valence-corrected chi connectivity index (χ3v) is 2.65. The zero-order valence-electron chi connectivity index (χ0n) is 9.35. The van der Waals surface area contributed by atoms with Crippen molar-refractivity contribution < 1.29 is 0 Å². The zero-order chi connectivity index (χ0) is 12.3. The average molecular weight is 250 g/mol. The monoisotopic (exact) mass is 249 g/mol. The molecule has 1 aromatic carbocycles. The van der Waals surface area contributed by atoms with Crippen molar-refractivity contribution >= 4 is 17.3 Å². The number of nitrogens with one attached hydrogen (secondary N) is 1. The molecule has 0 saturated heterocycles. The minimum absolute atomic E-state index is 0.158. The molecule has 1 aromatic heterocycles. The molecule has 0 aliphatic heterocycles. The average Bonchev–Trinajstić information content (AvgIpc) is 2.36. The molecule has 4 nitrogen and oxygen atoms in total. The van der Waals surface area contributed by atoms with Crippen molar-refractivity contribution in [2.24, 2.45) is 0 Å². The van der Waals surface area contributed by atoms with Crippen LogP contribution in [0.2, 0.25) is 5.02 Å². The predicted octanol–water partition coefficient (Wildman–Crippen LogP) is 2.32. The van der Waals surface area contributed by atoms with Gasteiger partial charge < -0.3 is 5.32 Å². The van der Waals surface area contributed by atoms with Crippen LogP contribution in [-0.4, -0.2) is 16.3 Å². The molecular formula is C12H12ClN3O. The number of hydrogen-bond acceptors (Lipinski definition) is 3. The molecule has 5 heteroatoms. The number of anilines is 1. The Bertz CT molecular complexity index is 566. The van der Waals surface area contributed by atoms with Crippen LogP contribution >= 0.6 is 11.6 Å². The fourth-order valence-corrected chi connectivity index (χ4v) is 1.70. The molecule has 0 unspecified atom stereocenters. The molecule has 0 aliphatic carbocycles. The molecule has 0 aliphatic rings. The van der Waals surface area contributed by atoms with Crippen molar-refractivity contribution in [3.8, 4) is 5.69 Å². The Morgan fingerprint density at radius 1 is 1.35 bits per heavy atom. The van der Waals surface area contributed by atoms with Gasteiger partial charge in [-0.1, -0.05) is 29.8 Å².